The van der Waals surface area contributed by atoms with Crippen LogP contribution < -0.4 is 9.80 Å². The van der Waals surface area contributed by atoms with Gasteiger partial charge in [-0.3, -0.25) is 14.5 Å². The number of hydrogen-bond acceptors (Lipinski definition) is 5. The van der Waals surface area contributed by atoms with Gasteiger partial charge in [0.2, 0.25) is 5.91 Å². The van der Waals surface area contributed by atoms with E-state index in [4.69, 9.17) is 4.74 Å². The summed E-state index contributed by atoms with van der Waals surface area (Å²) in [5.74, 6) is -0.645. The lowest BCUT2D eigenvalue weighted by molar-refractivity contribution is -0.117. The molecular formula is C20H18BrFN2O4S. The van der Waals surface area contributed by atoms with Crippen molar-refractivity contribution in [3.05, 3.63) is 44.8 Å². The van der Waals surface area contributed by atoms with E-state index < -0.39 is 18.0 Å². The number of hydrogen-bond donors (Lipinski definition) is 0. The van der Waals surface area contributed by atoms with Gasteiger partial charge in [-0.15, -0.1) is 11.3 Å². The monoisotopic (exact) mass is 480 g/mol. The van der Waals surface area contributed by atoms with Crippen molar-refractivity contribution in [1.29, 1.82) is 0 Å². The van der Waals surface area contributed by atoms with Gasteiger partial charge in [-0.1, -0.05) is 0 Å². The van der Waals surface area contributed by atoms with Crippen LogP contribution in [0.1, 0.15) is 35.4 Å². The van der Waals surface area contributed by atoms with E-state index in [0.29, 0.717) is 36.4 Å². The molecule has 0 aliphatic carbocycles. The molecule has 2 amide bonds. The van der Waals surface area contributed by atoms with Gasteiger partial charge in [-0.2, -0.15) is 0 Å². The molecule has 0 spiro atoms. The molecule has 152 valence electrons. The van der Waals surface area contributed by atoms with Gasteiger partial charge >= 0.3 is 6.09 Å². The van der Waals surface area contributed by atoms with Gasteiger partial charge in [0.25, 0.3) is 0 Å². The highest BCUT2D eigenvalue weighted by atomic mass is 79.9. The molecule has 2 aliphatic heterocycles. The summed E-state index contributed by atoms with van der Waals surface area (Å²) in [5.41, 5.74) is 0.604. The van der Waals surface area contributed by atoms with Crippen molar-refractivity contribution < 1.29 is 23.5 Å². The van der Waals surface area contributed by atoms with Crippen molar-refractivity contribution in [2.24, 2.45) is 0 Å². The summed E-state index contributed by atoms with van der Waals surface area (Å²) in [4.78, 5) is 39.8. The Hall–Kier alpha value is -2.26. The van der Waals surface area contributed by atoms with Crippen LogP contribution in [-0.4, -0.2) is 37.0 Å². The van der Waals surface area contributed by atoms with Gasteiger partial charge in [0, 0.05) is 19.4 Å². The SMILES string of the molecule is O=C(CC[C@H]1CN(c2ccc(N3CCCC3=O)c(F)c2)C(=O)O1)c1ccc(Br)s1. The lowest BCUT2D eigenvalue weighted by Gasteiger charge is -2.19. The van der Waals surface area contributed by atoms with Crippen LogP contribution in [0.2, 0.25) is 0 Å². The summed E-state index contributed by atoms with van der Waals surface area (Å²) in [6.07, 6.45) is 0.801. The maximum atomic E-state index is 14.6. The number of benzene rings is 1. The zero-order chi connectivity index (χ0) is 20.5. The predicted molar refractivity (Wildman–Crippen MR) is 111 cm³/mol. The number of cyclic esters (lactones) is 1. The standard InChI is InChI=1S/C20H18BrFN2O4S/c21-18-8-7-17(29-18)16(25)6-4-13-11-24(20(27)28-13)12-3-5-15(14(22)10-12)23-9-1-2-19(23)26/h3,5,7-8,10,13H,1-2,4,6,9,11H2/t13-/m0/s1. The molecular weight excluding hydrogens is 463 g/mol. The molecule has 3 heterocycles. The first kappa shape index (κ1) is 20.0. The van der Waals surface area contributed by atoms with E-state index in [1.54, 1.807) is 12.1 Å². The van der Waals surface area contributed by atoms with Gasteiger partial charge in [0.1, 0.15) is 11.9 Å². The Balaban J connectivity index is 1.39. The van der Waals surface area contributed by atoms with Crippen LogP contribution in [0.5, 0.6) is 0 Å². The minimum Gasteiger partial charge on any atom is -0.444 e. The highest BCUT2D eigenvalue weighted by molar-refractivity contribution is 9.11. The second-order valence-corrected chi connectivity index (χ2v) is 9.43. The molecule has 2 aliphatic rings. The molecule has 4 rings (SSSR count). The van der Waals surface area contributed by atoms with Crippen LogP contribution in [0.15, 0.2) is 34.1 Å². The van der Waals surface area contributed by atoms with E-state index in [-0.39, 0.29) is 30.3 Å². The first-order valence-electron chi connectivity index (χ1n) is 9.29. The van der Waals surface area contributed by atoms with Crippen molar-refractivity contribution >= 4 is 56.4 Å². The number of nitrogens with zero attached hydrogens (tertiary/aromatic N) is 2. The first-order valence-corrected chi connectivity index (χ1v) is 10.9. The van der Waals surface area contributed by atoms with Crippen molar-refractivity contribution in [3.8, 4) is 0 Å². The lowest BCUT2D eigenvalue weighted by Crippen LogP contribution is -2.26. The summed E-state index contributed by atoms with van der Waals surface area (Å²) in [6.45, 7) is 0.749. The van der Waals surface area contributed by atoms with Gasteiger partial charge in [0.15, 0.2) is 5.78 Å². The van der Waals surface area contributed by atoms with E-state index in [1.807, 2.05) is 6.07 Å². The molecule has 0 radical (unpaired) electrons. The fourth-order valence-electron chi connectivity index (χ4n) is 3.55. The summed E-state index contributed by atoms with van der Waals surface area (Å²) in [5, 5.41) is 0. The minimum atomic E-state index is -0.564. The van der Waals surface area contributed by atoms with E-state index >= 15 is 0 Å². The molecule has 0 N–H and O–H groups in total. The van der Waals surface area contributed by atoms with Crippen molar-refractivity contribution in [1.82, 2.24) is 0 Å². The number of Topliss-reactive ketones (excluding diaryl/α,β-unsaturated/α-hetero) is 1. The molecule has 0 saturated carbocycles. The van der Waals surface area contributed by atoms with E-state index in [1.165, 1.54) is 33.3 Å². The quantitative estimate of drug-likeness (QED) is 0.558. The van der Waals surface area contributed by atoms with Crippen LogP contribution in [-0.2, 0) is 9.53 Å². The smallest absolute Gasteiger partial charge is 0.414 e. The van der Waals surface area contributed by atoms with Crippen LogP contribution in [0.3, 0.4) is 0 Å². The normalized spacial score (nSPS) is 19.2. The molecule has 6 nitrogen and oxygen atoms in total. The molecule has 0 bridgehead atoms. The summed E-state index contributed by atoms with van der Waals surface area (Å²) in [6, 6.07) is 7.97. The zero-order valence-electron chi connectivity index (χ0n) is 15.4. The van der Waals surface area contributed by atoms with Crippen molar-refractivity contribution in [2.75, 3.05) is 22.9 Å². The second-order valence-electron chi connectivity index (χ2n) is 6.97. The van der Waals surface area contributed by atoms with Crippen LogP contribution in [0, 0.1) is 5.82 Å². The number of carbonyl (C=O) groups is 3. The lowest BCUT2D eigenvalue weighted by atomic mass is 10.1. The molecule has 0 unspecified atom stereocenters. The summed E-state index contributed by atoms with van der Waals surface area (Å²) < 4.78 is 20.8. The highest BCUT2D eigenvalue weighted by Crippen LogP contribution is 2.31. The summed E-state index contributed by atoms with van der Waals surface area (Å²) in [7, 11) is 0. The summed E-state index contributed by atoms with van der Waals surface area (Å²) >= 11 is 4.70. The molecule has 1 aromatic carbocycles. The Kier molecular flexibility index (Phi) is 5.69. The van der Waals surface area contributed by atoms with Gasteiger partial charge < -0.3 is 9.64 Å². The number of rotatable bonds is 6. The molecule has 29 heavy (non-hydrogen) atoms. The Morgan fingerprint density at radius 2 is 2.07 bits per heavy atom. The van der Waals surface area contributed by atoms with E-state index in [0.717, 1.165) is 3.79 Å². The van der Waals surface area contributed by atoms with Crippen LogP contribution >= 0.6 is 27.3 Å². The largest absolute Gasteiger partial charge is 0.444 e. The van der Waals surface area contributed by atoms with E-state index in [9.17, 15) is 18.8 Å². The zero-order valence-corrected chi connectivity index (χ0v) is 17.8. The highest BCUT2D eigenvalue weighted by Gasteiger charge is 2.33. The third-order valence-electron chi connectivity index (χ3n) is 5.02. The van der Waals surface area contributed by atoms with Crippen LogP contribution in [0.4, 0.5) is 20.6 Å². The fraction of sp³-hybridized carbons (Fsp3) is 0.350. The number of anilines is 2. The van der Waals surface area contributed by atoms with Gasteiger partial charge in [0.05, 0.1) is 26.6 Å². The fourth-order valence-corrected chi connectivity index (χ4v) is 4.90. The molecule has 2 saturated heterocycles. The van der Waals surface area contributed by atoms with Gasteiger partial charge in [-0.25, -0.2) is 9.18 Å². The average Bonchev–Trinajstić information content (AvgIpc) is 3.40. The maximum Gasteiger partial charge on any atom is 0.414 e. The number of carbonyl (C=O) groups excluding carboxylic acids is 3. The molecule has 2 fully saturated rings. The molecule has 1 aromatic heterocycles. The number of halogens is 2. The van der Waals surface area contributed by atoms with Crippen molar-refractivity contribution in [3.63, 3.8) is 0 Å². The number of ether oxygens (including phenoxy) is 1. The average molecular weight is 481 g/mol. The predicted octanol–water partition coefficient (Wildman–Crippen LogP) is 4.76. The number of thiophene rings is 1. The van der Waals surface area contributed by atoms with Crippen molar-refractivity contribution in [2.45, 2.75) is 31.8 Å². The Bertz CT molecular complexity index is 979. The second kappa shape index (κ2) is 8.23. The third-order valence-corrected chi connectivity index (χ3v) is 6.69. The van der Waals surface area contributed by atoms with Crippen LogP contribution in [0.25, 0.3) is 0 Å². The van der Waals surface area contributed by atoms with Gasteiger partial charge in [-0.05, 0) is 59.1 Å². The minimum absolute atomic E-state index is 0.000812. The van der Waals surface area contributed by atoms with E-state index in [2.05, 4.69) is 15.9 Å². The maximum absolute atomic E-state index is 14.6. The third kappa shape index (κ3) is 4.20. The Morgan fingerprint density at radius 1 is 1.24 bits per heavy atom. The topological polar surface area (TPSA) is 66.9 Å². The molecule has 2 aromatic rings. The number of amides is 2. The Morgan fingerprint density at radius 3 is 2.72 bits per heavy atom. The molecule has 9 heteroatoms. The Labute approximate surface area is 179 Å². The molecule has 1 atom stereocenters. The first-order chi connectivity index (χ1) is 13.9. The number of ketones is 1.